The van der Waals surface area contributed by atoms with E-state index < -0.39 is 5.69 Å². The number of nitrogens with zero attached hydrogens (tertiary/aromatic N) is 1. The molecule has 1 heterocycles. The highest BCUT2D eigenvalue weighted by Gasteiger charge is 2.08. The van der Waals surface area contributed by atoms with E-state index in [0.29, 0.717) is 11.3 Å². The lowest BCUT2D eigenvalue weighted by atomic mass is 10.1. The molecule has 0 saturated carbocycles. The number of H-pyrrole nitrogens is 1. The summed E-state index contributed by atoms with van der Waals surface area (Å²) in [5.74, 6) is -0.176. The lowest BCUT2D eigenvalue weighted by Crippen LogP contribution is -2.15. The van der Waals surface area contributed by atoms with Crippen LogP contribution in [0.2, 0.25) is 0 Å². The first-order chi connectivity index (χ1) is 7.58. The Morgan fingerprint density at radius 2 is 1.94 bits per heavy atom. The van der Waals surface area contributed by atoms with Gasteiger partial charge in [-0.25, -0.2) is 9.18 Å². The van der Waals surface area contributed by atoms with Crippen LogP contribution >= 0.6 is 0 Å². The van der Waals surface area contributed by atoms with Crippen LogP contribution in [0.1, 0.15) is 5.69 Å². The molecule has 4 nitrogen and oxygen atoms in total. The molecule has 0 aliphatic rings. The Balaban J connectivity index is 2.64. The van der Waals surface area contributed by atoms with Gasteiger partial charge < -0.3 is 10.7 Å². The van der Waals surface area contributed by atoms with Crippen molar-refractivity contribution in [3.8, 4) is 11.1 Å². The van der Waals surface area contributed by atoms with E-state index in [1.165, 1.54) is 12.1 Å². The van der Waals surface area contributed by atoms with Crippen molar-refractivity contribution in [3.63, 3.8) is 0 Å². The first-order valence-electron chi connectivity index (χ1n) is 4.70. The molecule has 1 aromatic heterocycles. The summed E-state index contributed by atoms with van der Waals surface area (Å²) in [6.45, 7) is 1.72. The lowest BCUT2D eigenvalue weighted by molar-refractivity contribution is 0.628. The quantitative estimate of drug-likeness (QED) is 0.762. The summed E-state index contributed by atoms with van der Waals surface area (Å²) in [7, 11) is 0. The standard InChI is InChI=1S/C11H10FN3O/c1-6-9(10(13)15-11(16)14-6)7-2-4-8(12)5-3-7/h2-5H,1H3,(H3,13,14,15,16). The van der Waals surface area contributed by atoms with Crippen LogP contribution in [-0.4, -0.2) is 9.97 Å². The summed E-state index contributed by atoms with van der Waals surface area (Å²) in [4.78, 5) is 17.2. The third-order valence-electron chi connectivity index (χ3n) is 2.28. The van der Waals surface area contributed by atoms with Gasteiger partial charge in [0, 0.05) is 11.3 Å². The van der Waals surface area contributed by atoms with Crippen LogP contribution < -0.4 is 11.4 Å². The number of nitrogens with two attached hydrogens (primary N) is 1. The van der Waals surface area contributed by atoms with Gasteiger partial charge in [-0.1, -0.05) is 12.1 Å². The number of aryl methyl sites for hydroxylation is 1. The van der Waals surface area contributed by atoms with Gasteiger partial charge in [-0.15, -0.1) is 0 Å². The van der Waals surface area contributed by atoms with E-state index in [4.69, 9.17) is 5.73 Å². The molecule has 2 rings (SSSR count). The van der Waals surface area contributed by atoms with Gasteiger partial charge in [0.15, 0.2) is 0 Å². The van der Waals surface area contributed by atoms with Crippen molar-refractivity contribution in [2.24, 2.45) is 0 Å². The third-order valence-corrected chi connectivity index (χ3v) is 2.28. The highest BCUT2D eigenvalue weighted by molar-refractivity contribution is 5.75. The van der Waals surface area contributed by atoms with Crippen LogP contribution in [0.5, 0.6) is 0 Å². The number of hydrogen-bond acceptors (Lipinski definition) is 3. The van der Waals surface area contributed by atoms with Crippen LogP contribution in [0, 0.1) is 12.7 Å². The minimum atomic E-state index is -0.485. The molecule has 0 saturated heterocycles. The van der Waals surface area contributed by atoms with E-state index in [0.717, 1.165) is 5.56 Å². The Kier molecular flexibility index (Phi) is 2.44. The SMILES string of the molecule is Cc1[nH]c(=O)nc(N)c1-c1ccc(F)cc1. The molecule has 0 atom stereocenters. The first-order valence-corrected chi connectivity index (χ1v) is 4.70. The van der Waals surface area contributed by atoms with E-state index in [1.807, 2.05) is 0 Å². The fourth-order valence-corrected chi connectivity index (χ4v) is 1.59. The zero-order valence-electron chi connectivity index (χ0n) is 8.62. The number of aromatic nitrogens is 2. The maximum absolute atomic E-state index is 12.8. The van der Waals surface area contributed by atoms with E-state index in [2.05, 4.69) is 9.97 Å². The number of rotatable bonds is 1. The molecule has 3 N–H and O–H groups in total. The fourth-order valence-electron chi connectivity index (χ4n) is 1.59. The summed E-state index contributed by atoms with van der Waals surface area (Å²) in [5.41, 5.74) is 7.14. The number of anilines is 1. The van der Waals surface area contributed by atoms with Crippen LogP contribution in [0.15, 0.2) is 29.1 Å². The molecule has 82 valence electrons. The summed E-state index contributed by atoms with van der Waals surface area (Å²) < 4.78 is 12.8. The van der Waals surface area contributed by atoms with Gasteiger partial charge in [-0.2, -0.15) is 4.98 Å². The van der Waals surface area contributed by atoms with Crippen LogP contribution in [0.4, 0.5) is 10.2 Å². The molecular weight excluding hydrogens is 209 g/mol. The highest BCUT2D eigenvalue weighted by atomic mass is 19.1. The van der Waals surface area contributed by atoms with E-state index in [1.54, 1.807) is 19.1 Å². The monoisotopic (exact) mass is 219 g/mol. The molecule has 16 heavy (non-hydrogen) atoms. The second-order valence-electron chi connectivity index (χ2n) is 3.43. The number of nitrogen functional groups attached to an aromatic ring is 1. The van der Waals surface area contributed by atoms with Gasteiger partial charge in [0.1, 0.15) is 11.6 Å². The van der Waals surface area contributed by atoms with E-state index in [9.17, 15) is 9.18 Å². The zero-order chi connectivity index (χ0) is 11.7. The van der Waals surface area contributed by atoms with Crippen molar-refractivity contribution < 1.29 is 4.39 Å². The second kappa shape index (κ2) is 3.77. The normalized spacial score (nSPS) is 10.4. The van der Waals surface area contributed by atoms with Crippen molar-refractivity contribution in [2.75, 3.05) is 5.73 Å². The Morgan fingerprint density at radius 1 is 1.31 bits per heavy atom. The summed E-state index contributed by atoms with van der Waals surface area (Å²) in [6.07, 6.45) is 0. The number of benzene rings is 1. The smallest absolute Gasteiger partial charge is 0.347 e. The van der Waals surface area contributed by atoms with Gasteiger partial charge in [0.2, 0.25) is 0 Å². The maximum atomic E-state index is 12.8. The molecule has 0 fully saturated rings. The van der Waals surface area contributed by atoms with E-state index in [-0.39, 0.29) is 11.6 Å². The van der Waals surface area contributed by atoms with Gasteiger partial charge in [0.05, 0.1) is 0 Å². The van der Waals surface area contributed by atoms with Gasteiger partial charge in [0.25, 0.3) is 0 Å². The minimum Gasteiger partial charge on any atom is -0.383 e. The average molecular weight is 219 g/mol. The Hall–Kier alpha value is -2.17. The molecule has 0 unspecified atom stereocenters. The zero-order valence-corrected chi connectivity index (χ0v) is 8.62. The van der Waals surface area contributed by atoms with Gasteiger partial charge >= 0.3 is 5.69 Å². The van der Waals surface area contributed by atoms with Gasteiger partial charge in [-0.05, 0) is 24.6 Å². The predicted molar refractivity (Wildman–Crippen MR) is 59.4 cm³/mol. The second-order valence-corrected chi connectivity index (χ2v) is 3.43. The van der Waals surface area contributed by atoms with Crippen molar-refractivity contribution >= 4 is 5.82 Å². The average Bonchev–Trinajstić information content (AvgIpc) is 2.19. The first kappa shape index (κ1) is 10.4. The Bertz CT molecular complexity index is 549. The summed E-state index contributed by atoms with van der Waals surface area (Å²) in [6, 6.07) is 5.85. The number of aromatic amines is 1. The Labute approximate surface area is 91.0 Å². The van der Waals surface area contributed by atoms with Crippen molar-refractivity contribution in [3.05, 3.63) is 46.3 Å². The molecule has 0 aliphatic heterocycles. The van der Waals surface area contributed by atoms with Crippen molar-refractivity contribution in [1.82, 2.24) is 9.97 Å². The highest BCUT2D eigenvalue weighted by Crippen LogP contribution is 2.25. The molecule has 2 aromatic rings. The van der Waals surface area contributed by atoms with Crippen molar-refractivity contribution in [2.45, 2.75) is 6.92 Å². The maximum Gasteiger partial charge on any atom is 0.347 e. The number of hydrogen-bond donors (Lipinski definition) is 2. The van der Waals surface area contributed by atoms with E-state index >= 15 is 0 Å². The van der Waals surface area contributed by atoms with Crippen LogP contribution in [-0.2, 0) is 0 Å². The lowest BCUT2D eigenvalue weighted by Gasteiger charge is -2.07. The molecule has 5 heteroatoms. The molecular formula is C11H10FN3O. The molecule has 0 amide bonds. The molecule has 0 radical (unpaired) electrons. The minimum absolute atomic E-state index is 0.146. The molecule has 1 aromatic carbocycles. The molecule has 0 aliphatic carbocycles. The number of nitrogens with one attached hydrogen (secondary N) is 1. The number of halogens is 1. The molecule has 0 bridgehead atoms. The predicted octanol–water partition coefficient (Wildman–Crippen LogP) is 1.47. The summed E-state index contributed by atoms with van der Waals surface area (Å²) >= 11 is 0. The third kappa shape index (κ3) is 1.79. The largest absolute Gasteiger partial charge is 0.383 e. The summed E-state index contributed by atoms with van der Waals surface area (Å²) in [5, 5.41) is 0. The Morgan fingerprint density at radius 3 is 2.50 bits per heavy atom. The fraction of sp³-hybridized carbons (Fsp3) is 0.0909. The topological polar surface area (TPSA) is 71.8 Å². The van der Waals surface area contributed by atoms with Crippen LogP contribution in [0.25, 0.3) is 11.1 Å². The van der Waals surface area contributed by atoms with Crippen LogP contribution in [0.3, 0.4) is 0 Å². The van der Waals surface area contributed by atoms with Crippen molar-refractivity contribution in [1.29, 1.82) is 0 Å². The van der Waals surface area contributed by atoms with Gasteiger partial charge in [-0.3, -0.25) is 0 Å². The molecule has 0 spiro atoms.